The quantitative estimate of drug-likeness (QED) is 0.815. The van der Waals surface area contributed by atoms with E-state index in [0.29, 0.717) is 18.9 Å². The summed E-state index contributed by atoms with van der Waals surface area (Å²) < 4.78 is 10.7. The average Bonchev–Trinajstić information content (AvgIpc) is 2.99. The molecule has 2 rings (SSSR count). The zero-order valence-electron chi connectivity index (χ0n) is 11.9. The molecule has 0 saturated carbocycles. The van der Waals surface area contributed by atoms with E-state index in [2.05, 4.69) is 12.2 Å². The number of aliphatic hydroxyl groups is 1. The van der Waals surface area contributed by atoms with Crippen molar-refractivity contribution in [3.63, 3.8) is 0 Å². The lowest BCUT2D eigenvalue weighted by molar-refractivity contribution is 0.144. The molecule has 2 aromatic rings. The molecule has 0 aliphatic carbocycles. The fourth-order valence-corrected chi connectivity index (χ4v) is 2.03. The van der Waals surface area contributed by atoms with Crippen LogP contribution in [-0.2, 0) is 0 Å². The highest BCUT2D eigenvalue weighted by Crippen LogP contribution is 2.20. The third-order valence-electron chi connectivity index (χ3n) is 3.16. The summed E-state index contributed by atoms with van der Waals surface area (Å²) in [6, 6.07) is 11.6. The molecule has 2 N–H and O–H groups in total. The van der Waals surface area contributed by atoms with E-state index in [1.165, 1.54) is 0 Å². The van der Waals surface area contributed by atoms with Crippen LogP contribution in [0, 0.1) is 0 Å². The van der Waals surface area contributed by atoms with E-state index in [9.17, 15) is 5.11 Å². The van der Waals surface area contributed by atoms with E-state index in [1.807, 2.05) is 31.2 Å². The lowest BCUT2D eigenvalue weighted by Crippen LogP contribution is -2.24. The van der Waals surface area contributed by atoms with Crippen LogP contribution in [0.15, 0.2) is 47.1 Å². The molecule has 20 heavy (non-hydrogen) atoms. The molecule has 0 amide bonds. The van der Waals surface area contributed by atoms with Crippen LogP contribution in [0.3, 0.4) is 0 Å². The van der Waals surface area contributed by atoms with Crippen molar-refractivity contribution in [1.82, 2.24) is 5.32 Å². The second kappa shape index (κ2) is 7.12. The molecule has 1 heterocycles. The highest BCUT2D eigenvalue weighted by Gasteiger charge is 2.12. The Bertz CT molecular complexity index is 510. The van der Waals surface area contributed by atoms with Gasteiger partial charge in [-0.2, -0.15) is 0 Å². The smallest absolute Gasteiger partial charge is 0.133 e. The average molecular weight is 275 g/mol. The van der Waals surface area contributed by atoms with Crippen LogP contribution in [0.2, 0.25) is 0 Å². The van der Waals surface area contributed by atoms with E-state index in [-0.39, 0.29) is 6.04 Å². The monoisotopic (exact) mass is 275 g/mol. The Morgan fingerprint density at radius 2 is 2.15 bits per heavy atom. The van der Waals surface area contributed by atoms with Gasteiger partial charge in [-0.15, -0.1) is 0 Å². The Labute approximate surface area is 119 Å². The van der Waals surface area contributed by atoms with Crippen LogP contribution in [0.1, 0.15) is 37.3 Å². The maximum absolute atomic E-state index is 9.96. The molecule has 0 aliphatic heterocycles. The summed E-state index contributed by atoms with van der Waals surface area (Å²) in [5, 5.41) is 13.3. The molecule has 0 aliphatic rings. The van der Waals surface area contributed by atoms with Crippen molar-refractivity contribution in [2.45, 2.75) is 26.0 Å². The van der Waals surface area contributed by atoms with E-state index in [1.54, 1.807) is 18.4 Å². The molecule has 2 atom stereocenters. The van der Waals surface area contributed by atoms with Gasteiger partial charge in [0.05, 0.1) is 12.9 Å². The molecule has 0 radical (unpaired) electrons. The second-order valence-electron chi connectivity index (χ2n) is 4.67. The minimum atomic E-state index is -0.637. The maximum atomic E-state index is 9.96. The zero-order valence-corrected chi connectivity index (χ0v) is 11.9. The number of aliphatic hydroxyl groups excluding tert-OH is 1. The van der Waals surface area contributed by atoms with E-state index in [4.69, 9.17) is 9.15 Å². The number of hydrogen-bond donors (Lipinski definition) is 2. The number of rotatable bonds is 7. The second-order valence-corrected chi connectivity index (χ2v) is 4.67. The summed E-state index contributed by atoms with van der Waals surface area (Å²) in [5.41, 5.74) is 1.13. The van der Waals surface area contributed by atoms with Crippen molar-refractivity contribution < 1.29 is 14.3 Å². The first kappa shape index (κ1) is 14.6. The summed E-state index contributed by atoms with van der Waals surface area (Å²) >= 11 is 0. The van der Waals surface area contributed by atoms with Gasteiger partial charge < -0.3 is 19.6 Å². The molecule has 108 valence electrons. The van der Waals surface area contributed by atoms with Crippen LogP contribution < -0.4 is 10.1 Å². The fourth-order valence-electron chi connectivity index (χ4n) is 2.03. The Morgan fingerprint density at radius 1 is 1.30 bits per heavy atom. The highest BCUT2D eigenvalue weighted by atomic mass is 16.5. The van der Waals surface area contributed by atoms with Gasteiger partial charge in [0.2, 0.25) is 0 Å². The molecule has 0 fully saturated rings. The molecule has 0 saturated heterocycles. The van der Waals surface area contributed by atoms with Crippen molar-refractivity contribution in [2.24, 2.45) is 0 Å². The van der Waals surface area contributed by atoms with Gasteiger partial charge in [-0.1, -0.05) is 12.1 Å². The Balaban J connectivity index is 1.91. The lowest BCUT2D eigenvalue weighted by Gasteiger charge is -2.17. The van der Waals surface area contributed by atoms with Crippen molar-refractivity contribution in [3.8, 4) is 5.75 Å². The van der Waals surface area contributed by atoms with Crippen LogP contribution in [-0.4, -0.2) is 18.3 Å². The van der Waals surface area contributed by atoms with Crippen LogP contribution >= 0.6 is 0 Å². The summed E-state index contributed by atoms with van der Waals surface area (Å²) in [6.07, 6.45) is 0.926. The van der Waals surface area contributed by atoms with E-state index >= 15 is 0 Å². The summed E-state index contributed by atoms with van der Waals surface area (Å²) in [6.45, 7) is 5.12. The van der Waals surface area contributed by atoms with E-state index in [0.717, 1.165) is 11.3 Å². The number of nitrogens with one attached hydrogen (secondary N) is 1. The first-order valence-electron chi connectivity index (χ1n) is 6.88. The predicted octanol–water partition coefficient (Wildman–Crippen LogP) is 3.06. The normalized spacial score (nSPS) is 13.9. The minimum Gasteiger partial charge on any atom is -0.494 e. The standard InChI is InChI=1S/C16H21NO3/c1-3-19-14-7-4-6-13(10-14)12(2)17-11-15(18)16-8-5-9-20-16/h4-10,12,15,17-18H,3,11H2,1-2H3. The summed E-state index contributed by atoms with van der Waals surface area (Å²) in [4.78, 5) is 0. The SMILES string of the molecule is CCOc1cccc(C(C)NCC(O)c2ccco2)c1. The number of ether oxygens (including phenoxy) is 1. The molecule has 1 aromatic heterocycles. The summed E-state index contributed by atoms with van der Waals surface area (Å²) in [7, 11) is 0. The van der Waals surface area contributed by atoms with Crippen molar-refractivity contribution >= 4 is 0 Å². The number of hydrogen-bond acceptors (Lipinski definition) is 4. The first-order chi connectivity index (χ1) is 9.70. The third-order valence-corrected chi connectivity index (χ3v) is 3.16. The van der Waals surface area contributed by atoms with Gasteiger partial charge in [0.15, 0.2) is 0 Å². The Hall–Kier alpha value is -1.78. The van der Waals surface area contributed by atoms with Crippen molar-refractivity contribution in [3.05, 3.63) is 54.0 Å². The molecule has 4 nitrogen and oxygen atoms in total. The largest absolute Gasteiger partial charge is 0.494 e. The van der Waals surface area contributed by atoms with Crippen LogP contribution in [0.4, 0.5) is 0 Å². The van der Waals surface area contributed by atoms with Gasteiger partial charge in [-0.25, -0.2) is 0 Å². The number of benzene rings is 1. The lowest BCUT2D eigenvalue weighted by atomic mass is 10.1. The van der Waals surface area contributed by atoms with Crippen molar-refractivity contribution in [1.29, 1.82) is 0 Å². The first-order valence-corrected chi connectivity index (χ1v) is 6.88. The Kier molecular flexibility index (Phi) is 5.21. The molecule has 1 aromatic carbocycles. The minimum absolute atomic E-state index is 0.125. The summed E-state index contributed by atoms with van der Waals surface area (Å²) in [5.74, 6) is 1.44. The van der Waals surface area contributed by atoms with Crippen LogP contribution in [0.5, 0.6) is 5.75 Å². The van der Waals surface area contributed by atoms with E-state index < -0.39 is 6.10 Å². The molecule has 4 heteroatoms. The van der Waals surface area contributed by atoms with Gasteiger partial charge in [0.25, 0.3) is 0 Å². The fraction of sp³-hybridized carbons (Fsp3) is 0.375. The zero-order chi connectivity index (χ0) is 14.4. The third kappa shape index (κ3) is 3.85. The molecular formula is C16H21NO3. The Morgan fingerprint density at radius 3 is 2.85 bits per heavy atom. The van der Waals surface area contributed by atoms with Gasteiger partial charge >= 0.3 is 0 Å². The number of furan rings is 1. The maximum Gasteiger partial charge on any atom is 0.133 e. The predicted molar refractivity (Wildman–Crippen MR) is 77.7 cm³/mol. The topological polar surface area (TPSA) is 54.6 Å². The van der Waals surface area contributed by atoms with Gasteiger partial charge in [-0.05, 0) is 43.7 Å². The van der Waals surface area contributed by atoms with Gasteiger partial charge in [-0.3, -0.25) is 0 Å². The highest BCUT2D eigenvalue weighted by molar-refractivity contribution is 5.30. The molecular weight excluding hydrogens is 254 g/mol. The van der Waals surface area contributed by atoms with Gasteiger partial charge in [0.1, 0.15) is 17.6 Å². The molecule has 2 unspecified atom stereocenters. The molecule has 0 spiro atoms. The van der Waals surface area contributed by atoms with Crippen LogP contribution in [0.25, 0.3) is 0 Å². The van der Waals surface area contributed by atoms with Gasteiger partial charge in [0, 0.05) is 12.6 Å². The molecule has 0 bridgehead atoms. The van der Waals surface area contributed by atoms with Crippen molar-refractivity contribution in [2.75, 3.05) is 13.2 Å².